The van der Waals surface area contributed by atoms with Crippen molar-refractivity contribution in [2.75, 3.05) is 0 Å². The first kappa shape index (κ1) is 10.9. The van der Waals surface area contributed by atoms with Gasteiger partial charge in [0.2, 0.25) is 0 Å². The molecule has 0 atom stereocenters. The summed E-state index contributed by atoms with van der Waals surface area (Å²) in [4.78, 5) is 0. The van der Waals surface area contributed by atoms with Crippen LogP contribution in [0.15, 0.2) is 0 Å². The van der Waals surface area contributed by atoms with Gasteiger partial charge in [0.25, 0.3) is 0 Å². The molecule has 0 heterocycles. The lowest BCUT2D eigenvalue weighted by Crippen LogP contribution is -2.30. The molecule has 3 N–H and O–H groups in total. The molecule has 1 saturated carbocycles. The highest BCUT2D eigenvalue weighted by molar-refractivity contribution is 4.51. The van der Waals surface area contributed by atoms with E-state index in [0.29, 0.717) is 0 Å². The molecule has 0 aromatic carbocycles. The predicted molar refractivity (Wildman–Crippen MR) is 48.2 cm³/mol. The molecular weight excluding hydrogens is 138 g/mol. The minimum absolute atomic E-state index is 1.00. The van der Waals surface area contributed by atoms with Gasteiger partial charge in [-0.15, -0.1) is 0 Å². The number of rotatable bonds is 0. The predicted octanol–water partition coefficient (Wildman–Crippen LogP) is 2.01. The Morgan fingerprint density at radius 1 is 0.909 bits per heavy atom. The van der Waals surface area contributed by atoms with Gasteiger partial charge in [0.15, 0.2) is 0 Å². The van der Waals surface area contributed by atoms with Crippen LogP contribution in [0.4, 0.5) is 0 Å². The molecule has 1 fully saturated rings. The van der Waals surface area contributed by atoms with Crippen molar-refractivity contribution in [1.29, 1.82) is 0 Å². The van der Waals surface area contributed by atoms with E-state index in [-0.39, 0.29) is 0 Å². The minimum atomic E-state index is -1.00. The number of hydrogen-bond acceptors (Lipinski definition) is 2. The van der Waals surface area contributed by atoms with Crippen LogP contribution in [0.2, 0.25) is 0 Å². The molecule has 0 unspecified atom stereocenters. The Balaban J connectivity index is 0.000000187. The second-order valence-electron chi connectivity index (χ2n) is 3.77. The van der Waals surface area contributed by atoms with Crippen molar-refractivity contribution in [2.45, 2.75) is 58.1 Å². The summed E-state index contributed by atoms with van der Waals surface area (Å²) in [5.41, 5.74) is 3.91. The Kier molecular flexibility index (Phi) is 5.51. The van der Waals surface area contributed by atoms with Crippen molar-refractivity contribution in [3.05, 3.63) is 0 Å². The Labute approximate surface area is 69.8 Å². The Morgan fingerprint density at radius 2 is 1.00 bits per heavy atom. The van der Waals surface area contributed by atoms with E-state index in [9.17, 15) is 0 Å². The van der Waals surface area contributed by atoms with Crippen molar-refractivity contribution < 1.29 is 5.11 Å². The standard InChI is InChI=1S/C6H12.C3H9NO/c1-2-4-6-5-3-1;1-3(2,4)5/h1-6H2;5H,4H2,1-2H3. The lowest BCUT2D eigenvalue weighted by molar-refractivity contribution is 0.0881. The van der Waals surface area contributed by atoms with Crippen LogP contribution in [0.3, 0.4) is 0 Å². The summed E-state index contributed by atoms with van der Waals surface area (Å²) < 4.78 is 0. The van der Waals surface area contributed by atoms with Crippen molar-refractivity contribution >= 4 is 0 Å². The van der Waals surface area contributed by atoms with Crippen LogP contribution in [0.1, 0.15) is 52.4 Å². The van der Waals surface area contributed by atoms with Gasteiger partial charge in [-0.05, 0) is 13.8 Å². The van der Waals surface area contributed by atoms with Crippen molar-refractivity contribution in [1.82, 2.24) is 0 Å². The summed E-state index contributed by atoms with van der Waals surface area (Å²) in [5.74, 6) is 0. The molecule has 0 saturated heterocycles. The number of aliphatic hydroxyl groups is 1. The van der Waals surface area contributed by atoms with Crippen LogP contribution in [-0.2, 0) is 0 Å². The normalized spacial score (nSPS) is 18.5. The first-order valence-corrected chi connectivity index (χ1v) is 4.51. The van der Waals surface area contributed by atoms with Gasteiger partial charge in [0, 0.05) is 0 Å². The third-order valence-electron chi connectivity index (χ3n) is 1.50. The second kappa shape index (κ2) is 5.56. The van der Waals surface area contributed by atoms with E-state index in [0.717, 1.165) is 0 Å². The van der Waals surface area contributed by atoms with Crippen LogP contribution in [0.5, 0.6) is 0 Å². The molecule has 0 aromatic heterocycles. The molecule has 11 heavy (non-hydrogen) atoms. The van der Waals surface area contributed by atoms with E-state index >= 15 is 0 Å². The average molecular weight is 159 g/mol. The summed E-state index contributed by atoms with van der Waals surface area (Å²) in [5, 5.41) is 8.30. The molecule has 0 amide bonds. The Bertz CT molecular complexity index is 64.5. The van der Waals surface area contributed by atoms with Crippen LogP contribution in [0, 0.1) is 0 Å². The maximum atomic E-state index is 8.30. The van der Waals surface area contributed by atoms with Gasteiger partial charge in [-0.2, -0.15) is 0 Å². The molecule has 1 aliphatic rings. The van der Waals surface area contributed by atoms with Gasteiger partial charge in [0.1, 0.15) is 5.72 Å². The van der Waals surface area contributed by atoms with Crippen molar-refractivity contribution in [3.8, 4) is 0 Å². The van der Waals surface area contributed by atoms with E-state index in [2.05, 4.69) is 0 Å². The summed E-state index contributed by atoms with van der Waals surface area (Å²) in [6.45, 7) is 3.04. The monoisotopic (exact) mass is 159 g/mol. The van der Waals surface area contributed by atoms with E-state index in [4.69, 9.17) is 10.8 Å². The van der Waals surface area contributed by atoms with Gasteiger partial charge in [-0.25, -0.2) is 0 Å². The third-order valence-corrected chi connectivity index (χ3v) is 1.50. The topological polar surface area (TPSA) is 46.2 Å². The third kappa shape index (κ3) is 17.8. The summed E-state index contributed by atoms with van der Waals surface area (Å²) in [7, 11) is 0. The quantitative estimate of drug-likeness (QED) is 0.531. The van der Waals surface area contributed by atoms with Gasteiger partial charge in [-0.3, -0.25) is 0 Å². The summed E-state index contributed by atoms with van der Waals surface area (Å²) in [6.07, 6.45) is 9.00. The summed E-state index contributed by atoms with van der Waals surface area (Å²) in [6, 6.07) is 0. The molecule has 2 nitrogen and oxygen atoms in total. The highest BCUT2D eigenvalue weighted by Gasteiger charge is 1.98. The van der Waals surface area contributed by atoms with Crippen molar-refractivity contribution in [2.24, 2.45) is 5.73 Å². The molecule has 0 radical (unpaired) electrons. The molecular formula is C9H21NO. The molecule has 0 aromatic rings. The smallest absolute Gasteiger partial charge is 0.107 e. The van der Waals surface area contributed by atoms with Crippen LogP contribution in [0.25, 0.3) is 0 Å². The second-order valence-corrected chi connectivity index (χ2v) is 3.77. The van der Waals surface area contributed by atoms with Crippen LogP contribution < -0.4 is 5.73 Å². The van der Waals surface area contributed by atoms with Gasteiger partial charge in [0.05, 0.1) is 0 Å². The van der Waals surface area contributed by atoms with Crippen LogP contribution >= 0.6 is 0 Å². The first-order chi connectivity index (χ1) is 5.00. The first-order valence-electron chi connectivity index (χ1n) is 4.51. The molecule has 1 aliphatic carbocycles. The maximum absolute atomic E-state index is 8.30. The zero-order chi connectivity index (χ0) is 8.74. The van der Waals surface area contributed by atoms with Crippen LogP contribution in [-0.4, -0.2) is 10.8 Å². The molecule has 0 bridgehead atoms. The fourth-order valence-corrected chi connectivity index (χ4v) is 1.06. The lowest BCUT2D eigenvalue weighted by Gasteiger charge is -2.05. The minimum Gasteiger partial charge on any atom is -0.377 e. The molecule has 68 valence electrons. The average Bonchev–Trinajstić information content (AvgIpc) is 1.88. The Hall–Kier alpha value is -0.0800. The summed E-state index contributed by atoms with van der Waals surface area (Å²) >= 11 is 0. The van der Waals surface area contributed by atoms with E-state index < -0.39 is 5.72 Å². The van der Waals surface area contributed by atoms with Crippen molar-refractivity contribution in [3.63, 3.8) is 0 Å². The largest absolute Gasteiger partial charge is 0.377 e. The number of hydrogen-bond donors (Lipinski definition) is 2. The maximum Gasteiger partial charge on any atom is 0.107 e. The van der Waals surface area contributed by atoms with Gasteiger partial charge in [-0.1, -0.05) is 38.5 Å². The van der Waals surface area contributed by atoms with E-state index in [1.165, 1.54) is 52.4 Å². The highest BCUT2D eigenvalue weighted by atomic mass is 16.3. The SMILES string of the molecule is C1CCCCC1.CC(C)(N)O. The van der Waals surface area contributed by atoms with Gasteiger partial charge >= 0.3 is 0 Å². The molecule has 1 rings (SSSR count). The zero-order valence-electron chi connectivity index (χ0n) is 7.77. The fourth-order valence-electron chi connectivity index (χ4n) is 1.06. The molecule has 0 aliphatic heterocycles. The van der Waals surface area contributed by atoms with E-state index in [1.807, 2.05) is 0 Å². The van der Waals surface area contributed by atoms with Gasteiger partial charge < -0.3 is 10.8 Å². The molecule has 2 heteroatoms. The fraction of sp³-hybridized carbons (Fsp3) is 1.00. The Morgan fingerprint density at radius 3 is 1.09 bits per heavy atom. The zero-order valence-corrected chi connectivity index (χ0v) is 7.77. The highest BCUT2D eigenvalue weighted by Crippen LogP contribution is 2.15. The number of nitrogens with two attached hydrogens (primary N) is 1. The van der Waals surface area contributed by atoms with E-state index in [1.54, 1.807) is 0 Å². The molecule has 0 spiro atoms. The lowest BCUT2D eigenvalue weighted by atomic mass is 10.0.